The molecule has 7 heteroatoms. The maximum atomic E-state index is 6.11. The predicted octanol–water partition coefficient (Wildman–Crippen LogP) is 2.67. The number of fused-ring (bicyclic) bond motifs is 1. The molecule has 3 aromatic heterocycles. The first-order valence-electron chi connectivity index (χ1n) is 7.51. The molecule has 3 aromatic rings. The van der Waals surface area contributed by atoms with Gasteiger partial charge in [-0.3, -0.25) is 9.55 Å². The highest BCUT2D eigenvalue weighted by molar-refractivity contribution is 6.31. The molecule has 0 amide bonds. The number of imidazole rings is 1. The normalized spacial score (nSPS) is 17.8. The van der Waals surface area contributed by atoms with Crippen molar-refractivity contribution < 1.29 is 4.74 Å². The highest BCUT2D eigenvalue weighted by atomic mass is 35.5. The Morgan fingerprint density at radius 3 is 3.04 bits per heavy atom. The SMILES string of the molecule is Cn1c(N2CCC(Oc3ccncc3Cl)C2)nc2cccnc21. The molecular formula is C16H16ClN5O. The fourth-order valence-corrected chi connectivity index (χ4v) is 3.10. The molecule has 0 spiro atoms. The molecule has 0 N–H and O–H groups in total. The third kappa shape index (κ3) is 2.59. The van der Waals surface area contributed by atoms with Crippen LogP contribution in [-0.4, -0.2) is 38.7 Å². The van der Waals surface area contributed by atoms with Crippen LogP contribution in [0.15, 0.2) is 36.8 Å². The van der Waals surface area contributed by atoms with E-state index in [2.05, 4.69) is 19.9 Å². The molecule has 0 saturated carbocycles. The van der Waals surface area contributed by atoms with Gasteiger partial charge in [-0.25, -0.2) is 9.97 Å². The number of aromatic nitrogens is 4. The number of anilines is 1. The summed E-state index contributed by atoms with van der Waals surface area (Å²) in [5, 5.41) is 0.540. The number of pyridine rings is 2. The fourth-order valence-electron chi connectivity index (χ4n) is 2.94. The van der Waals surface area contributed by atoms with Crippen molar-refractivity contribution in [2.24, 2.45) is 7.05 Å². The van der Waals surface area contributed by atoms with E-state index in [1.54, 1.807) is 24.7 Å². The molecule has 0 radical (unpaired) electrons. The van der Waals surface area contributed by atoms with Crippen LogP contribution in [0, 0.1) is 0 Å². The van der Waals surface area contributed by atoms with E-state index in [-0.39, 0.29) is 6.10 Å². The second kappa shape index (κ2) is 5.70. The molecule has 0 bridgehead atoms. The quantitative estimate of drug-likeness (QED) is 0.739. The van der Waals surface area contributed by atoms with Crippen molar-refractivity contribution in [3.63, 3.8) is 0 Å². The van der Waals surface area contributed by atoms with E-state index in [1.807, 2.05) is 23.7 Å². The number of hydrogen-bond donors (Lipinski definition) is 0. The van der Waals surface area contributed by atoms with Crippen molar-refractivity contribution in [2.75, 3.05) is 18.0 Å². The topological polar surface area (TPSA) is 56.1 Å². The van der Waals surface area contributed by atoms with Crippen molar-refractivity contribution in [1.82, 2.24) is 19.5 Å². The van der Waals surface area contributed by atoms with Gasteiger partial charge in [0.15, 0.2) is 5.65 Å². The number of rotatable bonds is 3. The molecule has 4 heterocycles. The molecule has 0 aliphatic carbocycles. The van der Waals surface area contributed by atoms with Crippen LogP contribution in [0.25, 0.3) is 11.2 Å². The number of aryl methyl sites for hydroxylation is 1. The van der Waals surface area contributed by atoms with Gasteiger partial charge in [0.05, 0.1) is 6.54 Å². The van der Waals surface area contributed by atoms with Crippen LogP contribution >= 0.6 is 11.6 Å². The number of nitrogens with zero attached hydrogens (tertiary/aromatic N) is 5. The van der Waals surface area contributed by atoms with Crippen LogP contribution in [0.3, 0.4) is 0 Å². The van der Waals surface area contributed by atoms with Crippen LogP contribution < -0.4 is 9.64 Å². The molecule has 4 rings (SSSR count). The minimum Gasteiger partial charge on any atom is -0.487 e. The van der Waals surface area contributed by atoms with E-state index < -0.39 is 0 Å². The third-order valence-corrected chi connectivity index (χ3v) is 4.34. The van der Waals surface area contributed by atoms with E-state index in [4.69, 9.17) is 16.3 Å². The molecule has 1 fully saturated rings. The van der Waals surface area contributed by atoms with Crippen molar-refractivity contribution in [1.29, 1.82) is 0 Å². The lowest BCUT2D eigenvalue weighted by molar-refractivity contribution is 0.225. The molecule has 1 unspecified atom stereocenters. The van der Waals surface area contributed by atoms with Gasteiger partial charge in [-0.15, -0.1) is 0 Å². The smallest absolute Gasteiger partial charge is 0.207 e. The van der Waals surface area contributed by atoms with Crippen LogP contribution in [0.5, 0.6) is 5.75 Å². The number of halogens is 1. The molecule has 1 saturated heterocycles. The Labute approximate surface area is 138 Å². The fraction of sp³-hybridized carbons (Fsp3) is 0.312. The zero-order valence-electron chi connectivity index (χ0n) is 12.7. The van der Waals surface area contributed by atoms with E-state index in [0.29, 0.717) is 10.8 Å². The second-order valence-corrected chi connectivity index (χ2v) is 6.00. The Hall–Kier alpha value is -2.34. The highest BCUT2D eigenvalue weighted by Gasteiger charge is 2.28. The summed E-state index contributed by atoms with van der Waals surface area (Å²) in [5.74, 6) is 1.60. The van der Waals surface area contributed by atoms with Crippen LogP contribution in [0.4, 0.5) is 5.95 Å². The molecule has 1 atom stereocenters. The van der Waals surface area contributed by atoms with Crippen LogP contribution in [0.2, 0.25) is 5.02 Å². The number of hydrogen-bond acceptors (Lipinski definition) is 5. The summed E-state index contributed by atoms with van der Waals surface area (Å²) >= 11 is 6.11. The van der Waals surface area contributed by atoms with Gasteiger partial charge in [-0.1, -0.05) is 11.6 Å². The average molecular weight is 330 g/mol. The molecule has 1 aliphatic rings. The van der Waals surface area contributed by atoms with E-state index >= 15 is 0 Å². The molecule has 118 valence electrons. The standard InChI is InChI=1S/C16H16ClN5O/c1-21-15-13(3-2-6-19-15)20-16(21)22-8-5-11(10-22)23-14-4-7-18-9-12(14)17/h2-4,6-7,9,11H,5,8,10H2,1H3. The summed E-state index contributed by atoms with van der Waals surface area (Å²) < 4.78 is 8.03. The molecule has 1 aliphatic heterocycles. The maximum Gasteiger partial charge on any atom is 0.207 e. The molecule has 0 aromatic carbocycles. The summed E-state index contributed by atoms with van der Waals surface area (Å²) in [4.78, 5) is 15.3. The van der Waals surface area contributed by atoms with Crippen LogP contribution in [-0.2, 0) is 7.05 Å². The maximum absolute atomic E-state index is 6.11. The zero-order chi connectivity index (χ0) is 15.8. The van der Waals surface area contributed by atoms with Crippen LogP contribution in [0.1, 0.15) is 6.42 Å². The van der Waals surface area contributed by atoms with Crippen molar-refractivity contribution >= 4 is 28.7 Å². The van der Waals surface area contributed by atoms with Gasteiger partial charge in [-0.05, 0) is 12.1 Å². The Bertz CT molecular complexity index is 849. The van der Waals surface area contributed by atoms with Gasteiger partial charge >= 0.3 is 0 Å². The summed E-state index contributed by atoms with van der Waals surface area (Å²) in [6, 6.07) is 5.68. The van der Waals surface area contributed by atoms with Gasteiger partial charge in [0, 0.05) is 44.7 Å². The van der Waals surface area contributed by atoms with Crippen molar-refractivity contribution in [3.8, 4) is 5.75 Å². The van der Waals surface area contributed by atoms with Gasteiger partial charge in [0.2, 0.25) is 5.95 Å². The minimum absolute atomic E-state index is 0.0858. The summed E-state index contributed by atoms with van der Waals surface area (Å²) in [5.41, 5.74) is 1.80. The molecular weight excluding hydrogens is 314 g/mol. The molecule has 6 nitrogen and oxygen atoms in total. The monoisotopic (exact) mass is 329 g/mol. The molecule has 23 heavy (non-hydrogen) atoms. The number of ether oxygens (including phenoxy) is 1. The first-order valence-corrected chi connectivity index (χ1v) is 7.89. The summed E-state index contributed by atoms with van der Waals surface area (Å²) in [7, 11) is 1.99. The van der Waals surface area contributed by atoms with Gasteiger partial charge in [0.1, 0.15) is 22.4 Å². The largest absolute Gasteiger partial charge is 0.487 e. The van der Waals surface area contributed by atoms with Crippen molar-refractivity contribution in [3.05, 3.63) is 41.8 Å². The minimum atomic E-state index is 0.0858. The second-order valence-electron chi connectivity index (χ2n) is 5.60. The van der Waals surface area contributed by atoms with E-state index in [1.165, 1.54) is 0 Å². The summed E-state index contributed by atoms with van der Waals surface area (Å²) in [6.45, 7) is 1.67. The average Bonchev–Trinajstić information content (AvgIpc) is 3.15. The third-order valence-electron chi connectivity index (χ3n) is 4.06. The lowest BCUT2D eigenvalue weighted by atomic mass is 10.3. The van der Waals surface area contributed by atoms with E-state index in [0.717, 1.165) is 36.6 Å². The highest BCUT2D eigenvalue weighted by Crippen LogP contribution is 2.28. The Morgan fingerprint density at radius 2 is 2.22 bits per heavy atom. The Balaban J connectivity index is 1.53. The predicted molar refractivity (Wildman–Crippen MR) is 89.0 cm³/mol. The Kier molecular flexibility index (Phi) is 3.53. The van der Waals surface area contributed by atoms with Gasteiger partial charge < -0.3 is 9.64 Å². The first-order chi connectivity index (χ1) is 11.2. The van der Waals surface area contributed by atoms with E-state index in [9.17, 15) is 0 Å². The first kappa shape index (κ1) is 14.3. The van der Waals surface area contributed by atoms with Gasteiger partial charge in [0.25, 0.3) is 0 Å². The van der Waals surface area contributed by atoms with Gasteiger partial charge in [-0.2, -0.15) is 0 Å². The zero-order valence-corrected chi connectivity index (χ0v) is 13.4. The lowest BCUT2D eigenvalue weighted by Crippen LogP contribution is -2.26. The Morgan fingerprint density at radius 1 is 1.30 bits per heavy atom. The van der Waals surface area contributed by atoms with Crippen molar-refractivity contribution in [2.45, 2.75) is 12.5 Å². The summed E-state index contributed by atoms with van der Waals surface area (Å²) in [6.07, 6.45) is 6.08. The lowest BCUT2D eigenvalue weighted by Gasteiger charge is -2.18.